The predicted octanol–water partition coefficient (Wildman–Crippen LogP) is 2.44. The third-order valence-corrected chi connectivity index (χ3v) is 4.79. The van der Waals surface area contributed by atoms with Gasteiger partial charge in [0, 0.05) is 19.6 Å². The van der Waals surface area contributed by atoms with Crippen molar-refractivity contribution in [2.45, 2.75) is 19.0 Å². The molecule has 3 rings (SSSR count). The molecule has 0 bridgehead atoms. The first kappa shape index (κ1) is 18.8. The molecule has 26 heavy (non-hydrogen) atoms. The topological polar surface area (TPSA) is 73.8 Å². The Morgan fingerprint density at radius 1 is 1.27 bits per heavy atom. The lowest BCUT2D eigenvalue weighted by Gasteiger charge is -2.39. The predicted molar refractivity (Wildman–Crippen MR) is 90.3 cm³/mol. The smallest absolute Gasteiger partial charge is 0.396 e. The summed E-state index contributed by atoms with van der Waals surface area (Å²) in [6.07, 6.45) is -2.56. The molecule has 0 saturated carbocycles. The Bertz CT molecular complexity index is 651. The number of halogens is 3. The number of hydrogen-bond acceptors (Lipinski definition) is 4. The largest absolute Gasteiger partial charge is 0.416 e. The number of carbonyl (C=O) groups is 1. The summed E-state index contributed by atoms with van der Waals surface area (Å²) in [5.74, 6) is 0. The van der Waals surface area contributed by atoms with Crippen LogP contribution < -0.4 is 15.5 Å². The minimum atomic E-state index is -4.49. The standard InChI is InChI=1S/C17H22F3N3O3/c18-17(19,20)12-3-4-14(23-5-1-2-6-23)13(7-12)22-15(25)21-8-16(9-24)10-26-11-16/h3-4,7,24H,1-2,5-6,8-11H2,(H2,21,22,25). The fraction of sp³-hybridized carbons (Fsp3) is 0.588. The lowest BCUT2D eigenvalue weighted by molar-refractivity contribution is -0.137. The van der Waals surface area contributed by atoms with Crippen LogP contribution in [0.2, 0.25) is 0 Å². The van der Waals surface area contributed by atoms with Crippen molar-refractivity contribution < 1.29 is 27.8 Å². The first-order valence-electron chi connectivity index (χ1n) is 8.53. The molecule has 0 unspecified atom stereocenters. The molecule has 0 atom stereocenters. The Morgan fingerprint density at radius 2 is 1.96 bits per heavy atom. The lowest BCUT2D eigenvalue weighted by Crippen LogP contribution is -2.53. The number of hydrogen-bond donors (Lipinski definition) is 3. The molecule has 2 aliphatic rings. The maximum atomic E-state index is 13.0. The molecule has 2 saturated heterocycles. The number of anilines is 2. The van der Waals surface area contributed by atoms with Crippen LogP contribution >= 0.6 is 0 Å². The van der Waals surface area contributed by atoms with Crippen molar-refractivity contribution in [3.63, 3.8) is 0 Å². The Kier molecular flexibility index (Phi) is 5.29. The van der Waals surface area contributed by atoms with Gasteiger partial charge in [0.1, 0.15) is 0 Å². The number of alkyl halides is 3. The number of amides is 2. The molecule has 6 nitrogen and oxygen atoms in total. The quantitative estimate of drug-likeness (QED) is 0.741. The van der Waals surface area contributed by atoms with E-state index in [9.17, 15) is 23.1 Å². The van der Waals surface area contributed by atoms with E-state index in [0.717, 1.165) is 38.1 Å². The van der Waals surface area contributed by atoms with Crippen LogP contribution in [0.3, 0.4) is 0 Å². The van der Waals surface area contributed by atoms with E-state index in [-0.39, 0.29) is 18.8 Å². The molecule has 2 heterocycles. The Labute approximate surface area is 149 Å². The van der Waals surface area contributed by atoms with Crippen molar-refractivity contribution in [1.82, 2.24) is 5.32 Å². The fourth-order valence-corrected chi connectivity index (χ4v) is 3.12. The number of aliphatic hydroxyl groups excluding tert-OH is 1. The molecule has 0 aliphatic carbocycles. The molecule has 2 amide bonds. The van der Waals surface area contributed by atoms with E-state index in [1.54, 1.807) is 0 Å². The monoisotopic (exact) mass is 373 g/mol. The molecule has 0 radical (unpaired) electrons. The lowest BCUT2D eigenvalue weighted by atomic mass is 9.87. The highest BCUT2D eigenvalue weighted by molar-refractivity contribution is 5.93. The van der Waals surface area contributed by atoms with Crippen LogP contribution in [-0.2, 0) is 10.9 Å². The molecule has 0 aromatic heterocycles. The Hall–Kier alpha value is -2.00. The van der Waals surface area contributed by atoms with E-state index in [1.807, 2.05) is 4.90 Å². The van der Waals surface area contributed by atoms with Crippen molar-refractivity contribution in [2.24, 2.45) is 5.41 Å². The summed E-state index contributed by atoms with van der Waals surface area (Å²) < 4.78 is 44.2. The van der Waals surface area contributed by atoms with Gasteiger partial charge in [-0.25, -0.2) is 4.79 Å². The van der Waals surface area contributed by atoms with E-state index in [1.165, 1.54) is 6.07 Å². The maximum absolute atomic E-state index is 13.0. The van der Waals surface area contributed by atoms with Crippen LogP contribution in [0.5, 0.6) is 0 Å². The highest BCUT2D eigenvalue weighted by atomic mass is 19.4. The minimum Gasteiger partial charge on any atom is -0.396 e. The van der Waals surface area contributed by atoms with E-state index in [0.29, 0.717) is 18.9 Å². The summed E-state index contributed by atoms with van der Waals surface area (Å²) in [7, 11) is 0. The zero-order valence-electron chi connectivity index (χ0n) is 14.2. The molecule has 3 N–H and O–H groups in total. The molecule has 0 spiro atoms. The van der Waals surface area contributed by atoms with E-state index in [4.69, 9.17) is 4.74 Å². The first-order valence-corrected chi connectivity index (χ1v) is 8.53. The van der Waals surface area contributed by atoms with Gasteiger partial charge < -0.3 is 25.4 Å². The number of rotatable bonds is 5. The Morgan fingerprint density at radius 3 is 2.50 bits per heavy atom. The van der Waals surface area contributed by atoms with Gasteiger partial charge in [-0.3, -0.25) is 0 Å². The summed E-state index contributed by atoms with van der Waals surface area (Å²) in [5.41, 5.74) is -0.616. The number of nitrogens with one attached hydrogen (secondary N) is 2. The normalized spacial score (nSPS) is 19.2. The molecular formula is C17H22F3N3O3. The third-order valence-electron chi connectivity index (χ3n) is 4.79. The van der Waals surface area contributed by atoms with Crippen molar-refractivity contribution >= 4 is 17.4 Å². The van der Waals surface area contributed by atoms with Crippen LogP contribution in [0, 0.1) is 5.41 Å². The van der Waals surface area contributed by atoms with Crippen LogP contribution in [0.1, 0.15) is 18.4 Å². The van der Waals surface area contributed by atoms with Crippen LogP contribution in [0.4, 0.5) is 29.3 Å². The zero-order valence-corrected chi connectivity index (χ0v) is 14.2. The average Bonchev–Trinajstić information content (AvgIpc) is 3.07. The van der Waals surface area contributed by atoms with Gasteiger partial charge in [-0.05, 0) is 31.0 Å². The second-order valence-corrected chi connectivity index (χ2v) is 6.88. The molecule has 9 heteroatoms. The second-order valence-electron chi connectivity index (χ2n) is 6.88. The third kappa shape index (κ3) is 4.04. The number of benzene rings is 1. The van der Waals surface area contributed by atoms with Gasteiger partial charge in [-0.1, -0.05) is 0 Å². The van der Waals surface area contributed by atoms with Crippen LogP contribution in [0.25, 0.3) is 0 Å². The number of carbonyl (C=O) groups excluding carboxylic acids is 1. The van der Waals surface area contributed by atoms with Gasteiger partial charge in [-0.2, -0.15) is 13.2 Å². The van der Waals surface area contributed by atoms with Gasteiger partial charge in [0.05, 0.1) is 42.2 Å². The van der Waals surface area contributed by atoms with Gasteiger partial charge in [-0.15, -0.1) is 0 Å². The summed E-state index contributed by atoms with van der Waals surface area (Å²) >= 11 is 0. The number of aliphatic hydroxyl groups is 1. The maximum Gasteiger partial charge on any atom is 0.416 e. The molecule has 1 aromatic rings. The van der Waals surface area contributed by atoms with Gasteiger partial charge in [0.15, 0.2) is 0 Å². The number of nitrogens with zero attached hydrogens (tertiary/aromatic N) is 1. The molecular weight excluding hydrogens is 351 g/mol. The highest BCUT2D eigenvalue weighted by Gasteiger charge is 2.38. The summed E-state index contributed by atoms with van der Waals surface area (Å²) in [6.45, 7) is 2.22. The first-order chi connectivity index (χ1) is 12.3. The van der Waals surface area contributed by atoms with Crippen LogP contribution in [-0.4, -0.2) is 50.6 Å². The molecule has 1 aromatic carbocycles. The van der Waals surface area contributed by atoms with E-state index >= 15 is 0 Å². The number of ether oxygens (including phenoxy) is 1. The fourth-order valence-electron chi connectivity index (χ4n) is 3.12. The van der Waals surface area contributed by atoms with Crippen molar-refractivity contribution in [2.75, 3.05) is 49.7 Å². The van der Waals surface area contributed by atoms with Gasteiger partial charge in [0.25, 0.3) is 0 Å². The molecule has 2 fully saturated rings. The summed E-state index contributed by atoms with van der Waals surface area (Å²) in [5, 5.41) is 14.5. The second kappa shape index (κ2) is 7.32. The zero-order chi connectivity index (χ0) is 18.8. The van der Waals surface area contributed by atoms with Crippen molar-refractivity contribution in [1.29, 1.82) is 0 Å². The molecule has 144 valence electrons. The van der Waals surface area contributed by atoms with Crippen LogP contribution in [0.15, 0.2) is 18.2 Å². The van der Waals surface area contributed by atoms with Gasteiger partial charge >= 0.3 is 12.2 Å². The summed E-state index contributed by atoms with van der Waals surface area (Å²) in [6, 6.07) is 2.79. The SMILES string of the molecule is O=C(NCC1(CO)COC1)Nc1cc(C(F)(F)F)ccc1N1CCCC1. The van der Waals surface area contributed by atoms with Crippen molar-refractivity contribution in [3.8, 4) is 0 Å². The van der Waals surface area contributed by atoms with Gasteiger partial charge in [0.2, 0.25) is 0 Å². The highest BCUT2D eigenvalue weighted by Crippen LogP contribution is 2.36. The number of urea groups is 1. The van der Waals surface area contributed by atoms with E-state index in [2.05, 4.69) is 10.6 Å². The van der Waals surface area contributed by atoms with E-state index < -0.39 is 23.2 Å². The molecule has 2 aliphatic heterocycles. The van der Waals surface area contributed by atoms with Crippen molar-refractivity contribution in [3.05, 3.63) is 23.8 Å². The minimum absolute atomic E-state index is 0.127. The Balaban J connectivity index is 1.74. The average molecular weight is 373 g/mol. The summed E-state index contributed by atoms with van der Waals surface area (Å²) in [4.78, 5) is 14.2.